The minimum atomic E-state index is -4.50. The summed E-state index contributed by atoms with van der Waals surface area (Å²) in [6.45, 7) is 0.414. The van der Waals surface area contributed by atoms with Crippen LogP contribution in [0.25, 0.3) is 0 Å². The first-order chi connectivity index (χ1) is 17.1. The van der Waals surface area contributed by atoms with Crippen molar-refractivity contribution in [2.45, 2.75) is 12.6 Å². The number of rotatable bonds is 8. The topological polar surface area (TPSA) is 121 Å². The first-order valence-electron chi connectivity index (χ1n) is 10.9. The molecular formula is C24H25ClF3N5O3. The zero-order chi connectivity index (χ0) is 26.3. The maximum Gasteiger partial charge on any atom is 0.416 e. The van der Waals surface area contributed by atoms with E-state index < -0.39 is 11.7 Å². The van der Waals surface area contributed by atoms with Gasteiger partial charge < -0.3 is 31.5 Å². The van der Waals surface area contributed by atoms with E-state index in [2.05, 4.69) is 20.9 Å². The van der Waals surface area contributed by atoms with Gasteiger partial charge in [0.15, 0.2) is 0 Å². The van der Waals surface area contributed by atoms with E-state index >= 15 is 0 Å². The lowest BCUT2D eigenvalue weighted by molar-refractivity contribution is -0.137. The van der Waals surface area contributed by atoms with Crippen LogP contribution in [0.3, 0.4) is 0 Å². The Labute approximate surface area is 210 Å². The number of aliphatic imine (C=N–C) groups is 1. The molecule has 0 atom stereocenters. The summed E-state index contributed by atoms with van der Waals surface area (Å²) >= 11 is 6.29. The number of amidine groups is 1. The van der Waals surface area contributed by atoms with E-state index in [1.54, 1.807) is 19.2 Å². The maximum absolute atomic E-state index is 13.0. The number of nitrogens with two attached hydrogens (primary N) is 1. The van der Waals surface area contributed by atoms with Gasteiger partial charge in [-0.25, -0.2) is 4.99 Å². The number of carbonyl (C=O) groups is 1. The molecule has 6 N–H and O–H groups in total. The predicted octanol–water partition coefficient (Wildman–Crippen LogP) is 3.60. The molecule has 8 nitrogen and oxygen atoms in total. The number of halogens is 4. The normalized spacial score (nSPS) is 14.5. The minimum absolute atomic E-state index is 0.0204. The molecular weight excluding hydrogens is 499 g/mol. The molecule has 1 aliphatic rings. The van der Waals surface area contributed by atoms with Gasteiger partial charge in [0.1, 0.15) is 23.2 Å². The molecule has 1 amide bonds. The first kappa shape index (κ1) is 26.9. The maximum atomic E-state index is 13.0. The number of nitrogens with zero attached hydrogens (tertiary/aromatic N) is 1. The number of ether oxygens (including phenoxy) is 1. The number of hydrogen-bond acceptors (Lipinski definition) is 6. The van der Waals surface area contributed by atoms with Crippen molar-refractivity contribution in [3.05, 3.63) is 76.1 Å². The molecule has 0 aliphatic carbocycles. The van der Waals surface area contributed by atoms with Crippen LogP contribution in [0.5, 0.6) is 11.5 Å². The molecule has 0 saturated carbocycles. The fourth-order valence-corrected chi connectivity index (χ4v) is 3.54. The predicted molar refractivity (Wildman–Crippen MR) is 131 cm³/mol. The third-order valence-electron chi connectivity index (χ3n) is 5.05. The summed E-state index contributed by atoms with van der Waals surface area (Å²) in [5.41, 5.74) is 6.69. The number of benzene rings is 2. The molecule has 36 heavy (non-hydrogen) atoms. The Morgan fingerprint density at radius 3 is 2.72 bits per heavy atom. The lowest BCUT2D eigenvalue weighted by atomic mass is 10.1. The zero-order valence-corrected chi connectivity index (χ0v) is 20.0. The Kier molecular flexibility index (Phi) is 8.83. The highest BCUT2D eigenvalue weighted by Gasteiger charge is 2.30. The van der Waals surface area contributed by atoms with Gasteiger partial charge in [0.2, 0.25) is 5.91 Å². The molecule has 0 unspecified atom stereocenters. The second kappa shape index (κ2) is 11.8. The molecule has 3 rings (SSSR count). The lowest BCUT2D eigenvalue weighted by Gasteiger charge is -2.13. The van der Waals surface area contributed by atoms with E-state index in [9.17, 15) is 18.0 Å². The zero-order valence-electron chi connectivity index (χ0n) is 19.2. The van der Waals surface area contributed by atoms with Crippen molar-refractivity contribution in [1.29, 1.82) is 0 Å². The van der Waals surface area contributed by atoms with E-state index in [1.165, 1.54) is 24.3 Å². The highest BCUT2D eigenvalue weighted by molar-refractivity contribution is 6.32. The average Bonchev–Trinajstić information content (AvgIpc) is 3.07. The van der Waals surface area contributed by atoms with Crippen molar-refractivity contribution >= 4 is 29.0 Å². The van der Waals surface area contributed by atoms with E-state index in [1.807, 2.05) is 0 Å². The van der Waals surface area contributed by atoms with Crippen LogP contribution < -0.4 is 26.4 Å². The van der Waals surface area contributed by atoms with Gasteiger partial charge in [-0.05, 0) is 48.9 Å². The van der Waals surface area contributed by atoms with Gasteiger partial charge >= 0.3 is 6.18 Å². The summed E-state index contributed by atoms with van der Waals surface area (Å²) in [7, 11) is 1.69. The average molecular weight is 524 g/mol. The number of alkyl halides is 3. The number of aliphatic hydroxyl groups excluding tert-OH is 1. The SMILES string of the molecule is CNC1=C(C(N)=Nc2ccc(Oc3cccc(C(F)(F)F)c3)c(Cl)c2)C=C(C(=O)NCCO)CCN1. The van der Waals surface area contributed by atoms with Gasteiger partial charge in [-0.15, -0.1) is 0 Å². The summed E-state index contributed by atoms with van der Waals surface area (Å²) in [6.07, 6.45) is -2.46. The molecule has 12 heteroatoms. The van der Waals surface area contributed by atoms with Crippen LogP contribution in [0.15, 0.2) is 70.5 Å². The van der Waals surface area contributed by atoms with E-state index in [-0.39, 0.29) is 41.4 Å². The Balaban J connectivity index is 1.86. The third kappa shape index (κ3) is 6.92. The fourth-order valence-electron chi connectivity index (χ4n) is 3.33. The van der Waals surface area contributed by atoms with Crippen molar-refractivity contribution in [3.63, 3.8) is 0 Å². The molecule has 192 valence electrons. The molecule has 1 aliphatic heterocycles. The molecule has 0 radical (unpaired) electrons. The number of hydrogen-bond donors (Lipinski definition) is 5. The summed E-state index contributed by atoms with van der Waals surface area (Å²) < 4.78 is 44.4. The van der Waals surface area contributed by atoms with Crippen molar-refractivity contribution in [2.75, 3.05) is 26.7 Å². The van der Waals surface area contributed by atoms with Crippen LogP contribution in [0, 0.1) is 0 Å². The largest absolute Gasteiger partial charge is 0.456 e. The van der Waals surface area contributed by atoms with Gasteiger partial charge in [0, 0.05) is 25.7 Å². The Bertz CT molecular complexity index is 1210. The Hall–Kier alpha value is -3.70. The number of carbonyl (C=O) groups excluding carboxylic acids is 1. The fraction of sp³-hybridized carbons (Fsp3) is 0.250. The molecule has 1 heterocycles. The van der Waals surface area contributed by atoms with Gasteiger partial charge in [-0.3, -0.25) is 4.79 Å². The van der Waals surface area contributed by atoms with Gasteiger partial charge in [-0.2, -0.15) is 13.2 Å². The summed E-state index contributed by atoms with van der Waals surface area (Å²) in [5, 5.41) is 17.8. The molecule has 0 aromatic heterocycles. The van der Waals surface area contributed by atoms with E-state index in [0.29, 0.717) is 35.6 Å². The first-order valence-corrected chi connectivity index (χ1v) is 11.2. The van der Waals surface area contributed by atoms with Crippen molar-refractivity contribution < 1.29 is 27.8 Å². The van der Waals surface area contributed by atoms with E-state index in [4.69, 9.17) is 27.2 Å². The Morgan fingerprint density at radius 1 is 1.28 bits per heavy atom. The molecule has 2 aromatic carbocycles. The molecule has 2 aromatic rings. The van der Waals surface area contributed by atoms with Crippen LogP contribution in [0.4, 0.5) is 18.9 Å². The second-order valence-corrected chi connectivity index (χ2v) is 8.01. The minimum Gasteiger partial charge on any atom is -0.456 e. The lowest BCUT2D eigenvalue weighted by Crippen LogP contribution is -2.29. The van der Waals surface area contributed by atoms with Crippen LogP contribution in [-0.2, 0) is 11.0 Å². The molecule has 0 spiro atoms. The van der Waals surface area contributed by atoms with Crippen molar-refractivity contribution in [2.24, 2.45) is 10.7 Å². The molecule has 0 saturated heterocycles. The number of aliphatic hydroxyl groups is 1. The Morgan fingerprint density at radius 2 is 2.06 bits per heavy atom. The van der Waals surface area contributed by atoms with Gasteiger partial charge in [0.25, 0.3) is 0 Å². The van der Waals surface area contributed by atoms with Gasteiger partial charge in [0.05, 0.1) is 28.5 Å². The summed E-state index contributed by atoms with van der Waals surface area (Å²) in [6, 6.07) is 8.93. The number of amides is 1. The van der Waals surface area contributed by atoms with E-state index in [0.717, 1.165) is 12.1 Å². The quantitative estimate of drug-likeness (QED) is 0.266. The highest BCUT2D eigenvalue weighted by atomic mass is 35.5. The summed E-state index contributed by atoms with van der Waals surface area (Å²) in [5.74, 6) is 0.448. The van der Waals surface area contributed by atoms with Crippen LogP contribution in [-0.4, -0.2) is 43.6 Å². The van der Waals surface area contributed by atoms with Crippen molar-refractivity contribution in [1.82, 2.24) is 16.0 Å². The van der Waals surface area contributed by atoms with Gasteiger partial charge in [-0.1, -0.05) is 17.7 Å². The number of nitrogens with one attached hydrogen (secondary N) is 3. The van der Waals surface area contributed by atoms with Crippen molar-refractivity contribution in [3.8, 4) is 11.5 Å². The summed E-state index contributed by atoms with van der Waals surface area (Å²) in [4.78, 5) is 16.8. The second-order valence-electron chi connectivity index (χ2n) is 7.60. The smallest absolute Gasteiger partial charge is 0.416 e. The molecule has 0 bridgehead atoms. The van der Waals surface area contributed by atoms with Crippen LogP contribution >= 0.6 is 11.6 Å². The third-order valence-corrected chi connectivity index (χ3v) is 5.35. The monoisotopic (exact) mass is 523 g/mol. The highest BCUT2D eigenvalue weighted by Crippen LogP contribution is 2.36. The molecule has 0 fully saturated rings. The van der Waals surface area contributed by atoms with Crippen LogP contribution in [0.1, 0.15) is 12.0 Å². The van der Waals surface area contributed by atoms with Crippen LogP contribution in [0.2, 0.25) is 5.02 Å². The standard InChI is InChI=1S/C24H25ClF3N5O3/c1-30-22-18(11-14(7-8-31-22)23(35)32-9-10-34)21(29)33-16-5-6-20(19(25)13-16)36-17-4-2-3-15(12-17)24(26,27)28/h2-6,11-13,30-31,34H,7-10H2,1H3,(H2,29,33)(H,32,35).